The highest BCUT2D eigenvalue weighted by atomic mass is 127. The van der Waals surface area contributed by atoms with Crippen LogP contribution in [-0.4, -0.2) is 51.7 Å². The monoisotopic (exact) mass is 576 g/mol. The number of carbonyl (C=O) groups is 1. The molecule has 176 valence electrons. The minimum absolute atomic E-state index is 0.160. The highest BCUT2D eigenvalue weighted by molar-refractivity contribution is 14.2. The molecule has 0 saturated heterocycles. The fourth-order valence-corrected chi connectivity index (χ4v) is 6.47. The molecule has 1 atom stereocenters. The summed E-state index contributed by atoms with van der Waals surface area (Å²) in [6.07, 6.45) is 13.8. The Hall–Kier alpha value is -3.05. The fourth-order valence-electron chi connectivity index (χ4n) is 4.36. The number of hydrogen-bond acceptors (Lipinski definition) is 4. The molecule has 2 aliphatic heterocycles. The Balaban J connectivity index is 1.58. The van der Waals surface area contributed by atoms with Crippen LogP contribution >= 0.6 is 20.7 Å². The van der Waals surface area contributed by atoms with Gasteiger partial charge in [0, 0.05) is 54.1 Å². The van der Waals surface area contributed by atoms with Crippen molar-refractivity contribution in [2.45, 2.75) is 18.9 Å². The quantitative estimate of drug-likeness (QED) is 0.223. The van der Waals surface area contributed by atoms with E-state index in [9.17, 15) is 4.79 Å². The van der Waals surface area contributed by atoms with Gasteiger partial charge in [-0.15, -0.1) is 0 Å². The molecule has 0 saturated carbocycles. The minimum atomic E-state index is -0.186. The van der Waals surface area contributed by atoms with Crippen molar-refractivity contribution in [3.05, 3.63) is 68.2 Å². The molecule has 4 heterocycles. The molecule has 1 amide bonds. The zero-order valence-electron chi connectivity index (χ0n) is 19.5. The van der Waals surface area contributed by atoms with Crippen LogP contribution in [0.1, 0.15) is 24.1 Å². The van der Waals surface area contributed by atoms with E-state index in [0.717, 1.165) is 46.6 Å². The van der Waals surface area contributed by atoms with E-state index in [1.807, 2.05) is 48.2 Å². The summed E-state index contributed by atoms with van der Waals surface area (Å²) < 4.78 is 5.58. The molecular weight excluding hydrogens is 550 g/mol. The van der Waals surface area contributed by atoms with Gasteiger partial charge in [-0.05, 0) is 32.6 Å². The van der Waals surface area contributed by atoms with Crippen molar-refractivity contribution in [2.75, 3.05) is 13.1 Å². The van der Waals surface area contributed by atoms with E-state index in [4.69, 9.17) is 13.6 Å². The number of fused-ring (bicyclic) bond motifs is 2. The normalized spacial score (nSPS) is 16.1. The third-order valence-electron chi connectivity index (χ3n) is 6.12. The Bertz CT molecular complexity index is 1540. The lowest BCUT2D eigenvalue weighted by Gasteiger charge is -2.19. The standard InChI is InChI=1S/C26H26BIN6O/c1-34-15-22(20-11-16(27)7-8-24(20)34)21(13-23-19-6-4-10-30-25(19)33-32-23)26(35)31-18(14-29)12-17-5-2-3-9-28-17/h2-3,5-9,11,13,15,18H,4,10,12,14,29H2,1H3,(H,30,33)(H,31,35)/b21-13+. The number of hydrogen-bond donors (Lipinski definition) is 3. The predicted molar refractivity (Wildman–Crippen MR) is 152 cm³/mol. The number of aromatic amines is 1. The first kappa shape index (κ1) is 23.7. The maximum absolute atomic E-state index is 13.8. The molecule has 0 spiro atoms. The number of allylic oxidation sites excluding steroid dienone is 3. The molecule has 2 aliphatic rings. The second-order valence-corrected chi connectivity index (χ2v) is 11.3. The number of nitrogens with zero attached hydrogens (tertiary/aromatic N) is 3. The van der Waals surface area contributed by atoms with Gasteiger partial charge < -0.3 is 15.6 Å². The molecule has 35 heavy (non-hydrogen) atoms. The summed E-state index contributed by atoms with van der Waals surface area (Å²) in [7, 11) is 8.08. The number of benzene rings is 1. The number of aromatic nitrogens is 3. The SMILES string of the molecule is [B]c1ccc2c(c1)c(/C(=C\c1n[nH]c3c1=CCCN=3)C(=O)NC(CN)CC1=CC=CC=I1)cn2C. The Morgan fingerprint density at radius 1 is 1.40 bits per heavy atom. The number of nitrogens with two attached hydrogens (primary N) is 1. The Morgan fingerprint density at radius 2 is 2.29 bits per heavy atom. The second kappa shape index (κ2) is 10.3. The molecule has 2 aromatic heterocycles. The summed E-state index contributed by atoms with van der Waals surface area (Å²) in [5.74, 6) is -0.186. The van der Waals surface area contributed by atoms with E-state index in [2.05, 4.69) is 42.7 Å². The van der Waals surface area contributed by atoms with Gasteiger partial charge in [0.1, 0.15) is 7.85 Å². The molecule has 7 nitrogen and oxygen atoms in total. The summed E-state index contributed by atoms with van der Waals surface area (Å²) in [5, 5.41) is 12.5. The van der Waals surface area contributed by atoms with E-state index in [1.54, 1.807) is 0 Å². The van der Waals surface area contributed by atoms with Crippen molar-refractivity contribution >= 4 is 72.6 Å². The van der Waals surface area contributed by atoms with Gasteiger partial charge in [-0.1, -0.05) is 62.6 Å². The number of carbonyl (C=O) groups excluding carboxylic acids is 1. The van der Waals surface area contributed by atoms with Crippen LogP contribution in [0.15, 0.2) is 51.2 Å². The van der Waals surface area contributed by atoms with Gasteiger partial charge in [0.25, 0.3) is 5.91 Å². The van der Waals surface area contributed by atoms with Crippen LogP contribution in [0.4, 0.5) is 0 Å². The van der Waals surface area contributed by atoms with E-state index in [1.165, 1.54) is 3.58 Å². The molecule has 3 aromatic rings. The summed E-state index contributed by atoms with van der Waals surface area (Å²) >= 11 is -0.160. The average molecular weight is 576 g/mol. The first-order chi connectivity index (χ1) is 17.0. The molecule has 0 bridgehead atoms. The first-order valence-corrected chi connectivity index (χ1v) is 13.8. The van der Waals surface area contributed by atoms with E-state index in [-0.39, 0.29) is 32.7 Å². The maximum Gasteiger partial charge on any atom is 0.252 e. The van der Waals surface area contributed by atoms with Gasteiger partial charge in [0.2, 0.25) is 0 Å². The second-order valence-electron chi connectivity index (χ2n) is 8.58. The van der Waals surface area contributed by atoms with Gasteiger partial charge >= 0.3 is 0 Å². The molecule has 5 rings (SSSR count). The zero-order chi connectivity index (χ0) is 24.4. The summed E-state index contributed by atoms with van der Waals surface area (Å²) in [6.45, 7) is 1.09. The molecule has 4 N–H and O–H groups in total. The van der Waals surface area contributed by atoms with Crippen molar-refractivity contribution in [2.24, 2.45) is 17.8 Å². The number of halogens is 1. The topological polar surface area (TPSA) is 101 Å². The van der Waals surface area contributed by atoms with E-state index in [0.29, 0.717) is 23.3 Å². The maximum atomic E-state index is 13.8. The van der Waals surface area contributed by atoms with E-state index < -0.39 is 0 Å². The third kappa shape index (κ3) is 5.01. The van der Waals surface area contributed by atoms with Crippen LogP contribution in [0.5, 0.6) is 0 Å². The van der Waals surface area contributed by atoms with Gasteiger partial charge in [-0.3, -0.25) is 14.9 Å². The molecule has 0 aliphatic carbocycles. The smallest absolute Gasteiger partial charge is 0.252 e. The lowest BCUT2D eigenvalue weighted by atomic mass is 9.93. The van der Waals surface area contributed by atoms with E-state index >= 15 is 0 Å². The van der Waals surface area contributed by atoms with Crippen LogP contribution < -0.4 is 27.2 Å². The van der Waals surface area contributed by atoms with Crippen LogP contribution in [0.2, 0.25) is 0 Å². The number of amides is 1. The van der Waals surface area contributed by atoms with Crippen LogP contribution in [0, 0.1) is 0 Å². The lowest BCUT2D eigenvalue weighted by Crippen LogP contribution is -2.40. The highest BCUT2D eigenvalue weighted by Crippen LogP contribution is 2.28. The van der Waals surface area contributed by atoms with Crippen LogP contribution in [0.25, 0.3) is 28.6 Å². The summed E-state index contributed by atoms with van der Waals surface area (Å²) in [5.41, 5.74) is 10.5. The highest BCUT2D eigenvalue weighted by Gasteiger charge is 2.22. The lowest BCUT2D eigenvalue weighted by molar-refractivity contribution is -0.116. The Morgan fingerprint density at radius 3 is 3.09 bits per heavy atom. The van der Waals surface area contributed by atoms with Gasteiger partial charge in [-0.25, -0.2) is 0 Å². The van der Waals surface area contributed by atoms with Crippen LogP contribution in [-0.2, 0) is 11.8 Å². The molecule has 1 unspecified atom stereocenters. The third-order valence-corrected chi connectivity index (χ3v) is 8.49. The first-order valence-electron chi connectivity index (χ1n) is 11.5. The molecule has 9 heteroatoms. The van der Waals surface area contributed by atoms with Crippen molar-refractivity contribution in [3.63, 3.8) is 0 Å². The van der Waals surface area contributed by atoms with Gasteiger partial charge in [0.05, 0.1) is 11.3 Å². The summed E-state index contributed by atoms with van der Waals surface area (Å²) in [6, 6.07) is 5.59. The van der Waals surface area contributed by atoms with Crippen molar-refractivity contribution < 1.29 is 4.79 Å². The number of nitrogens with one attached hydrogen (secondary N) is 2. The Kier molecular flexibility index (Phi) is 6.96. The molecular formula is C26H26BIN6O. The number of H-pyrrole nitrogens is 1. The summed E-state index contributed by atoms with van der Waals surface area (Å²) in [4.78, 5) is 18.3. The largest absolute Gasteiger partial charge is 0.350 e. The number of rotatable bonds is 7. The van der Waals surface area contributed by atoms with Crippen LogP contribution in [0.3, 0.4) is 0 Å². The van der Waals surface area contributed by atoms with Crippen molar-refractivity contribution in [1.82, 2.24) is 20.1 Å². The molecule has 2 radical (unpaired) electrons. The predicted octanol–water partition coefficient (Wildman–Crippen LogP) is 1.10. The van der Waals surface area contributed by atoms with Gasteiger partial charge in [-0.2, -0.15) is 5.10 Å². The van der Waals surface area contributed by atoms with Crippen molar-refractivity contribution in [1.29, 1.82) is 0 Å². The molecule has 1 aromatic carbocycles. The zero-order valence-corrected chi connectivity index (χ0v) is 21.6. The molecule has 0 fully saturated rings. The Labute approximate surface area is 214 Å². The van der Waals surface area contributed by atoms with Crippen molar-refractivity contribution in [3.8, 4) is 0 Å². The minimum Gasteiger partial charge on any atom is -0.350 e. The number of aryl methyl sites for hydroxylation is 1. The average Bonchev–Trinajstić information content (AvgIpc) is 3.43. The van der Waals surface area contributed by atoms with Gasteiger partial charge in [0.15, 0.2) is 5.49 Å². The fraction of sp³-hybridized carbons (Fsp3) is 0.231.